The quantitative estimate of drug-likeness (QED) is 0.849. The Labute approximate surface area is 155 Å². The number of benzene rings is 1. The minimum atomic E-state index is -0.0159. The highest BCUT2D eigenvalue weighted by atomic mass is 16.5. The molecule has 6 nitrogen and oxygen atoms in total. The first-order valence-electron chi connectivity index (χ1n) is 9.60. The van der Waals surface area contributed by atoms with Crippen molar-refractivity contribution in [3.63, 3.8) is 0 Å². The maximum Gasteiger partial charge on any atom is 0.317 e. The number of urea groups is 1. The lowest BCUT2D eigenvalue weighted by Crippen LogP contribution is -2.48. The van der Waals surface area contributed by atoms with Crippen molar-refractivity contribution < 1.29 is 14.3 Å². The first-order valence-corrected chi connectivity index (χ1v) is 9.60. The minimum Gasteiger partial charge on any atom is -0.494 e. The van der Waals surface area contributed by atoms with Gasteiger partial charge in [0.1, 0.15) is 5.75 Å². The molecular weight excluding hydrogens is 330 g/mol. The third kappa shape index (κ3) is 4.11. The molecule has 2 aliphatic heterocycles. The Balaban J connectivity index is 1.55. The molecule has 2 saturated heterocycles. The molecule has 1 atom stereocenters. The Morgan fingerprint density at radius 2 is 1.96 bits per heavy atom. The number of rotatable bonds is 5. The molecule has 3 amide bonds. The van der Waals surface area contributed by atoms with Crippen LogP contribution in [0, 0.1) is 5.41 Å². The van der Waals surface area contributed by atoms with E-state index >= 15 is 0 Å². The molecule has 0 aromatic heterocycles. The van der Waals surface area contributed by atoms with E-state index in [2.05, 4.69) is 17.6 Å². The summed E-state index contributed by atoms with van der Waals surface area (Å²) in [6, 6.07) is 7.90. The van der Waals surface area contributed by atoms with Gasteiger partial charge in [-0.1, -0.05) is 19.1 Å². The van der Waals surface area contributed by atoms with Gasteiger partial charge in [0.15, 0.2) is 0 Å². The Morgan fingerprint density at radius 1 is 1.27 bits per heavy atom. The fourth-order valence-corrected chi connectivity index (χ4v) is 3.91. The fourth-order valence-electron chi connectivity index (χ4n) is 3.91. The van der Waals surface area contributed by atoms with Crippen LogP contribution in [0.4, 0.5) is 4.79 Å². The highest BCUT2D eigenvalue weighted by molar-refractivity contribution is 5.79. The number of nitrogens with one attached hydrogen (secondary N) is 2. The van der Waals surface area contributed by atoms with Gasteiger partial charge in [-0.15, -0.1) is 0 Å². The predicted molar refractivity (Wildman–Crippen MR) is 100 cm³/mol. The lowest BCUT2D eigenvalue weighted by molar-refractivity contribution is -0.119. The van der Waals surface area contributed by atoms with Crippen LogP contribution < -0.4 is 15.4 Å². The van der Waals surface area contributed by atoms with E-state index in [1.165, 1.54) is 0 Å². The maximum atomic E-state index is 12.7. The third-order valence-corrected chi connectivity index (χ3v) is 5.61. The summed E-state index contributed by atoms with van der Waals surface area (Å²) in [5.41, 5.74) is 1.15. The number of ether oxygens (including phenoxy) is 1. The van der Waals surface area contributed by atoms with Crippen LogP contribution in [-0.4, -0.2) is 43.1 Å². The summed E-state index contributed by atoms with van der Waals surface area (Å²) >= 11 is 0. The van der Waals surface area contributed by atoms with E-state index in [0.717, 1.165) is 37.1 Å². The van der Waals surface area contributed by atoms with Gasteiger partial charge >= 0.3 is 6.03 Å². The topological polar surface area (TPSA) is 70.7 Å². The minimum absolute atomic E-state index is 0.0104. The summed E-state index contributed by atoms with van der Waals surface area (Å²) in [7, 11) is 0. The molecule has 6 heteroatoms. The predicted octanol–water partition coefficient (Wildman–Crippen LogP) is 2.85. The second-order valence-corrected chi connectivity index (χ2v) is 7.35. The molecule has 142 valence electrons. The number of hydrogen-bond donors (Lipinski definition) is 2. The summed E-state index contributed by atoms with van der Waals surface area (Å²) in [5.74, 6) is 0.989. The zero-order valence-electron chi connectivity index (χ0n) is 15.7. The summed E-state index contributed by atoms with van der Waals surface area (Å²) < 4.78 is 5.48. The van der Waals surface area contributed by atoms with Crippen molar-refractivity contribution in [2.24, 2.45) is 5.41 Å². The number of hydrogen-bond acceptors (Lipinski definition) is 3. The Bertz CT molecular complexity index is 636. The van der Waals surface area contributed by atoms with E-state index in [0.29, 0.717) is 26.1 Å². The van der Waals surface area contributed by atoms with Gasteiger partial charge in [-0.2, -0.15) is 0 Å². The van der Waals surface area contributed by atoms with Gasteiger partial charge < -0.3 is 20.3 Å². The Morgan fingerprint density at radius 3 is 2.50 bits per heavy atom. The molecule has 3 rings (SSSR count). The van der Waals surface area contributed by atoms with Gasteiger partial charge in [0.05, 0.1) is 12.6 Å². The standard InChI is InChI=1S/C20H29N3O3/c1-3-17(15-5-7-16(8-6-15)26-4-2)22-19(25)23-11-9-20(10-12-23)13-18(24)21-14-20/h5-8,17H,3-4,9-14H2,1-2H3,(H,21,24)(H,22,25)/t17-/m0/s1. The number of carbonyl (C=O) groups is 2. The molecule has 1 aromatic carbocycles. The highest BCUT2D eigenvalue weighted by Crippen LogP contribution is 2.37. The zero-order valence-corrected chi connectivity index (χ0v) is 15.7. The zero-order chi connectivity index (χ0) is 18.6. The van der Waals surface area contributed by atoms with Crippen LogP contribution in [0.25, 0.3) is 0 Å². The molecule has 2 fully saturated rings. The van der Waals surface area contributed by atoms with Crippen molar-refractivity contribution >= 4 is 11.9 Å². The molecule has 0 aliphatic carbocycles. The van der Waals surface area contributed by atoms with Crippen LogP contribution in [0.15, 0.2) is 24.3 Å². The average Bonchev–Trinajstić information content (AvgIpc) is 3.01. The third-order valence-electron chi connectivity index (χ3n) is 5.61. The van der Waals surface area contributed by atoms with Gasteiger partial charge in [-0.05, 0) is 49.3 Å². The maximum absolute atomic E-state index is 12.7. The summed E-state index contributed by atoms with van der Waals surface area (Å²) in [4.78, 5) is 26.1. The van der Waals surface area contributed by atoms with Crippen molar-refractivity contribution in [3.8, 4) is 5.75 Å². The second-order valence-electron chi connectivity index (χ2n) is 7.35. The number of piperidine rings is 1. The van der Waals surface area contributed by atoms with Gasteiger partial charge in [-0.25, -0.2) is 4.79 Å². The van der Waals surface area contributed by atoms with Crippen LogP contribution in [0.5, 0.6) is 5.75 Å². The molecule has 1 aromatic rings. The Kier molecular flexibility index (Phi) is 5.69. The van der Waals surface area contributed by atoms with E-state index in [1.54, 1.807) is 0 Å². The Hall–Kier alpha value is -2.24. The normalized spacial score (nSPS) is 19.9. The molecule has 26 heavy (non-hydrogen) atoms. The highest BCUT2D eigenvalue weighted by Gasteiger charge is 2.41. The number of carbonyl (C=O) groups excluding carboxylic acids is 2. The summed E-state index contributed by atoms with van der Waals surface area (Å²) in [6.45, 7) is 6.85. The van der Waals surface area contributed by atoms with E-state index in [-0.39, 0.29) is 23.4 Å². The van der Waals surface area contributed by atoms with Crippen molar-refractivity contribution in [3.05, 3.63) is 29.8 Å². The molecule has 0 radical (unpaired) electrons. The van der Waals surface area contributed by atoms with Crippen LogP contribution in [0.2, 0.25) is 0 Å². The van der Waals surface area contributed by atoms with E-state index in [9.17, 15) is 9.59 Å². The van der Waals surface area contributed by atoms with Gasteiger partial charge in [-0.3, -0.25) is 4.79 Å². The molecule has 2 aliphatic rings. The van der Waals surface area contributed by atoms with Crippen molar-refractivity contribution in [1.29, 1.82) is 0 Å². The van der Waals surface area contributed by atoms with Crippen molar-refractivity contribution in [1.82, 2.24) is 15.5 Å². The smallest absolute Gasteiger partial charge is 0.317 e. The van der Waals surface area contributed by atoms with E-state index in [4.69, 9.17) is 4.74 Å². The van der Waals surface area contributed by atoms with E-state index < -0.39 is 0 Å². The van der Waals surface area contributed by atoms with Crippen LogP contribution in [0.3, 0.4) is 0 Å². The summed E-state index contributed by atoms with van der Waals surface area (Å²) in [6.07, 6.45) is 3.21. The molecule has 2 heterocycles. The van der Waals surface area contributed by atoms with Crippen LogP contribution in [0.1, 0.15) is 51.1 Å². The SMILES string of the molecule is CCOc1ccc([C@H](CC)NC(=O)N2CCC3(CC2)CNC(=O)C3)cc1. The molecule has 1 spiro atoms. The lowest BCUT2D eigenvalue weighted by Gasteiger charge is -2.38. The molecular formula is C20H29N3O3. The van der Waals surface area contributed by atoms with Crippen LogP contribution in [-0.2, 0) is 4.79 Å². The first-order chi connectivity index (χ1) is 12.5. The van der Waals surface area contributed by atoms with Crippen molar-refractivity contribution in [2.45, 2.75) is 45.6 Å². The lowest BCUT2D eigenvalue weighted by atomic mass is 9.78. The molecule has 2 N–H and O–H groups in total. The van der Waals surface area contributed by atoms with Crippen molar-refractivity contribution in [2.75, 3.05) is 26.2 Å². The van der Waals surface area contributed by atoms with Gasteiger partial charge in [0, 0.05) is 26.1 Å². The fraction of sp³-hybridized carbons (Fsp3) is 0.600. The van der Waals surface area contributed by atoms with Crippen LogP contribution >= 0.6 is 0 Å². The monoisotopic (exact) mass is 359 g/mol. The number of likely N-dealkylation sites (tertiary alicyclic amines) is 1. The number of amides is 3. The first kappa shape index (κ1) is 18.5. The van der Waals surface area contributed by atoms with Gasteiger partial charge in [0.2, 0.25) is 5.91 Å². The molecule has 0 saturated carbocycles. The van der Waals surface area contributed by atoms with Gasteiger partial charge in [0.25, 0.3) is 0 Å². The molecule has 0 unspecified atom stereocenters. The molecule has 0 bridgehead atoms. The average molecular weight is 359 g/mol. The largest absolute Gasteiger partial charge is 0.494 e. The van der Waals surface area contributed by atoms with E-state index in [1.807, 2.05) is 36.1 Å². The second kappa shape index (κ2) is 7.98. The summed E-state index contributed by atoms with van der Waals surface area (Å²) in [5, 5.41) is 6.09. The number of nitrogens with zero attached hydrogens (tertiary/aromatic N) is 1.